The number of carbonyl (C=O) groups excluding carboxylic acids is 5. The number of hydrogen-bond acceptors (Lipinski definition) is 10. The molecule has 0 radical (unpaired) electrons. The summed E-state index contributed by atoms with van der Waals surface area (Å²) in [5.41, 5.74) is 15.9. The van der Waals surface area contributed by atoms with Crippen molar-refractivity contribution in [3.05, 3.63) is 95.3 Å². The monoisotopic (exact) mass is 933 g/mol. The van der Waals surface area contributed by atoms with Gasteiger partial charge in [-0.25, -0.2) is 24.4 Å². The molecule has 1 aliphatic rings. The molecule has 8 N–H and O–H groups in total. The van der Waals surface area contributed by atoms with Gasteiger partial charge in [0, 0.05) is 43.7 Å². The van der Waals surface area contributed by atoms with E-state index in [1.54, 1.807) is 24.3 Å². The Hall–Kier alpha value is -6.75. The first kappa shape index (κ1) is 50.7. The van der Waals surface area contributed by atoms with Crippen molar-refractivity contribution in [1.29, 1.82) is 0 Å². The lowest BCUT2D eigenvalue weighted by molar-refractivity contribution is -0.128. The van der Waals surface area contributed by atoms with Crippen LogP contribution in [0.3, 0.4) is 0 Å². The number of fused-ring (bicyclic) bond motifs is 3. The number of primary amides is 1. The Morgan fingerprint density at radius 1 is 0.882 bits per heavy atom. The molecule has 0 bridgehead atoms. The van der Waals surface area contributed by atoms with Gasteiger partial charge in [-0.1, -0.05) is 94.6 Å². The van der Waals surface area contributed by atoms with Crippen LogP contribution in [-0.4, -0.2) is 80.2 Å². The number of rotatable bonds is 22. The molecule has 1 fully saturated rings. The van der Waals surface area contributed by atoms with Crippen LogP contribution in [0, 0.1) is 11.8 Å². The lowest BCUT2D eigenvalue weighted by Crippen LogP contribution is -2.51. The minimum Gasteiger partial charge on any atom is -0.444 e. The second kappa shape index (κ2) is 23.3. The second-order valence-electron chi connectivity index (χ2n) is 19.0. The summed E-state index contributed by atoms with van der Waals surface area (Å²) in [5, 5.41) is 11.8. The van der Waals surface area contributed by atoms with E-state index in [-0.39, 0.29) is 37.4 Å². The largest absolute Gasteiger partial charge is 0.444 e. The topological polar surface area (TPSA) is 238 Å². The van der Waals surface area contributed by atoms with Crippen LogP contribution in [0.15, 0.2) is 72.8 Å². The molecular formula is C51H68N10O7. The van der Waals surface area contributed by atoms with Crippen LogP contribution in [0.25, 0.3) is 21.9 Å². The number of nitrogens with one attached hydrogen (secondary N) is 4. The minimum atomic E-state index is -0.916. The van der Waals surface area contributed by atoms with Crippen molar-refractivity contribution in [2.75, 3.05) is 23.7 Å². The Morgan fingerprint density at radius 3 is 2.24 bits per heavy atom. The molecule has 1 saturated carbocycles. The number of aromatic nitrogens is 3. The number of ether oxygens (including phenoxy) is 2. The Morgan fingerprint density at radius 2 is 1.57 bits per heavy atom. The standard InChI is InChI=1S/C51H68N10O7/c1-7-8-15-41-58-43-44(61(41)30-35-20-18-34(19-21-35)29-60(28-26-33-16-17-33)50(66)68-51(4,5)6)38-12-9-10-13-39(38)56-45(43)59-49(65)67-31-36-22-24-37(25-23-36)55-46(62)40(14-11-27-54-48(53)64)57-47(63)42(52)32(2)3/h9-10,12-13,18-25,32-33,40,42H,7-8,11,14-17,26-31,52H2,1-6H3,(H,55,62)(H,57,63)(H3,53,54,64)(H,56,59,65)/t40-,42-/m1/s1. The molecule has 2 atom stereocenters. The summed E-state index contributed by atoms with van der Waals surface area (Å²) in [6, 6.07) is 20.5. The van der Waals surface area contributed by atoms with Gasteiger partial charge in [-0.2, -0.15) is 0 Å². The molecule has 1 aliphatic carbocycles. The maximum absolute atomic E-state index is 13.5. The third kappa shape index (κ3) is 14.6. The maximum atomic E-state index is 13.5. The third-order valence-electron chi connectivity index (χ3n) is 11.7. The summed E-state index contributed by atoms with van der Waals surface area (Å²) < 4.78 is 13.6. The van der Waals surface area contributed by atoms with Gasteiger partial charge < -0.3 is 46.4 Å². The van der Waals surface area contributed by atoms with Gasteiger partial charge in [0.25, 0.3) is 0 Å². The van der Waals surface area contributed by atoms with Crippen LogP contribution in [0.5, 0.6) is 0 Å². The van der Waals surface area contributed by atoms with Gasteiger partial charge in [-0.3, -0.25) is 14.9 Å². The van der Waals surface area contributed by atoms with Gasteiger partial charge in [-0.15, -0.1) is 0 Å². The average molecular weight is 933 g/mol. The molecule has 17 heteroatoms. The first-order valence-corrected chi connectivity index (χ1v) is 23.7. The molecule has 17 nitrogen and oxygen atoms in total. The van der Waals surface area contributed by atoms with Gasteiger partial charge in [0.05, 0.1) is 17.1 Å². The number of benzene rings is 3. The van der Waals surface area contributed by atoms with Crippen LogP contribution in [0.1, 0.15) is 109 Å². The van der Waals surface area contributed by atoms with Crippen molar-refractivity contribution in [3.63, 3.8) is 0 Å². The molecule has 2 heterocycles. The number of carbonyl (C=O) groups is 5. The van der Waals surface area contributed by atoms with Crippen LogP contribution in [0.2, 0.25) is 0 Å². The summed E-state index contributed by atoms with van der Waals surface area (Å²) in [5.74, 6) is 0.786. The second-order valence-corrected chi connectivity index (χ2v) is 19.0. The number of nitrogens with two attached hydrogens (primary N) is 2. The first-order chi connectivity index (χ1) is 32.5. The zero-order valence-corrected chi connectivity index (χ0v) is 40.2. The highest BCUT2D eigenvalue weighted by Crippen LogP contribution is 2.34. The predicted molar refractivity (Wildman–Crippen MR) is 264 cm³/mol. The van der Waals surface area contributed by atoms with Gasteiger partial charge in [0.1, 0.15) is 29.6 Å². The summed E-state index contributed by atoms with van der Waals surface area (Å²) >= 11 is 0. The fourth-order valence-electron chi connectivity index (χ4n) is 7.68. The summed E-state index contributed by atoms with van der Waals surface area (Å²) in [6.45, 7) is 13.2. The molecule has 0 spiro atoms. The molecule has 6 rings (SSSR count). The molecule has 0 unspecified atom stereocenters. The van der Waals surface area contributed by atoms with Crippen LogP contribution in [0.4, 0.5) is 25.9 Å². The molecule has 0 aliphatic heterocycles. The molecule has 0 saturated heterocycles. The van der Waals surface area contributed by atoms with E-state index in [1.807, 2.05) is 63.8 Å². The maximum Gasteiger partial charge on any atom is 0.413 e. The smallest absolute Gasteiger partial charge is 0.413 e. The van der Waals surface area contributed by atoms with E-state index < -0.39 is 41.6 Å². The van der Waals surface area contributed by atoms with Crippen molar-refractivity contribution >= 4 is 63.5 Å². The van der Waals surface area contributed by atoms with Crippen LogP contribution < -0.4 is 32.7 Å². The predicted octanol–water partition coefficient (Wildman–Crippen LogP) is 8.12. The Kier molecular flexibility index (Phi) is 17.4. The first-order valence-electron chi connectivity index (χ1n) is 23.7. The number of pyridine rings is 1. The number of hydrogen-bond donors (Lipinski definition) is 6. The number of amides is 6. The number of urea groups is 1. The van der Waals surface area contributed by atoms with Crippen molar-refractivity contribution < 1.29 is 33.4 Å². The number of aryl methyl sites for hydroxylation is 1. The molecule has 2 aromatic heterocycles. The van der Waals surface area contributed by atoms with Gasteiger partial charge >= 0.3 is 18.2 Å². The fourth-order valence-corrected chi connectivity index (χ4v) is 7.68. The SMILES string of the molecule is CCCCc1nc2c(NC(=O)OCc3ccc(NC(=O)[C@@H](CCCNC(N)=O)NC(=O)[C@H](N)C(C)C)cc3)nc3ccccc3c2n1Cc1ccc(CN(CCC2CC2)C(=O)OC(C)(C)C)cc1. The molecule has 6 amide bonds. The number of para-hydroxylation sites is 1. The number of unbranched alkanes of at least 4 members (excludes halogenated alkanes) is 1. The van der Waals surface area contributed by atoms with Gasteiger partial charge in [0.15, 0.2) is 5.82 Å². The highest BCUT2D eigenvalue weighted by Gasteiger charge is 2.28. The van der Waals surface area contributed by atoms with Crippen LogP contribution >= 0.6 is 0 Å². The summed E-state index contributed by atoms with van der Waals surface area (Å²) in [4.78, 5) is 75.6. The van der Waals surface area contributed by atoms with E-state index >= 15 is 0 Å². The molecular weight excluding hydrogens is 865 g/mol. The van der Waals surface area contributed by atoms with E-state index in [4.69, 9.17) is 30.9 Å². The van der Waals surface area contributed by atoms with E-state index in [0.29, 0.717) is 54.3 Å². The van der Waals surface area contributed by atoms with Crippen molar-refractivity contribution in [2.24, 2.45) is 23.3 Å². The Bertz CT molecular complexity index is 2530. The number of anilines is 2. The minimum absolute atomic E-state index is 0.0718. The Balaban J connectivity index is 1.14. The van der Waals surface area contributed by atoms with Gasteiger partial charge in [0.2, 0.25) is 11.8 Å². The third-order valence-corrected chi connectivity index (χ3v) is 11.7. The van der Waals surface area contributed by atoms with E-state index in [9.17, 15) is 24.0 Å². The quantitative estimate of drug-likeness (QED) is 0.0365. The zero-order chi connectivity index (χ0) is 49.0. The van der Waals surface area contributed by atoms with E-state index in [0.717, 1.165) is 53.5 Å². The molecule has 68 heavy (non-hydrogen) atoms. The van der Waals surface area contributed by atoms with E-state index in [2.05, 4.69) is 57.0 Å². The lowest BCUT2D eigenvalue weighted by atomic mass is 10.0. The number of imidazole rings is 1. The highest BCUT2D eigenvalue weighted by atomic mass is 16.6. The van der Waals surface area contributed by atoms with E-state index in [1.165, 1.54) is 12.8 Å². The van der Waals surface area contributed by atoms with Gasteiger partial charge in [-0.05, 0) is 93.2 Å². The summed E-state index contributed by atoms with van der Waals surface area (Å²) in [6.07, 6.45) is 5.63. The van der Waals surface area contributed by atoms with Crippen LogP contribution in [-0.2, 0) is 45.2 Å². The molecule has 3 aromatic carbocycles. The number of nitrogens with zero attached hydrogens (tertiary/aromatic N) is 4. The molecule has 5 aromatic rings. The Labute approximate surface area is 398 Å². The molecule has 364 valence electrons. The van der Waals surface area contributed by atoms with Crippen molar-refractivity contribution in [1.82, 2.24) is 30.1 Å². The van der Waals surface area contributed by atoms with Crippen molar-refractivity contribution in [2.45, 2.75) is 130 Å². The van der Waals surface area contributed by atoms with Crippen molar-refractivity contribution in [3.8, 4) is 0 Å². The average Bonchev–Trinajstić information content (AvgIpc) is 4.06. The lowest BCUT2D eigenvalue weighted by Gasteiger charge is -2.27. The fraction of sp³-hybridized carbons (Fsp3) is 0.471. The summed E-state index contributed by atoms with van der Waals surface area (Å²) in [7, 11) is 0. The zero-order valence-electron chi connectivity index (χ0n) is 40.2. The normalized spacial score (nSPS) is 13.5. The highest BCUT2D eigenvalue weighted by molar-refractivity contribution is 6.09.